The van der Waals surface area contributed by atoms with Crippen molar-refractivity contribution >= 4 is 17.2 Å². The van der Waals surface area contributed by atoms with Gasteiger partial charge < -0.3 is 15.2 Å². The Labute approximate surface area is 146 Å². The highest BCUT2D eigenvalue weighted by Gasteiger charge is 2.23. The number of amides is 1. The summed E-state index contributed by atoms with van der Waals surface area (Å²) in [6.45, 7) is 6.38. The number of hydrogen-bond acceptors (Lipinski definition) is 5. The van der Waals surface area contributed by atoms with Gasteiger partial charge in [0, 0.05) is 17.5 Å². The second-order valence-corrected chi connectivity index (χ2v) is 6.85. The number of hydrogen-bond donors (Lipinski definition) is 2. The van der Waals surface area contributed by atoms with Crippen LogP contribution in [-0.2, 0) is 6.61 Å². The van der Waals surface area contributed by atoms with E-state index < -0.39 is 5.60 Å². The summed E-state index contributed by atoms with van der Waals surface area (Å²) < 4.78 is 5.70. The molecule has 2 aromatic rings. The Bertz CT molecular complexity index is 680. The minimum Gasteiger partial charge on any atom is -0.487 e. The molecule has 1 aromatic carbocycles. The first-order chi connectivity index (χ1) is 11.5. The van der Waals surface area contributed by atoms with Gasteiger partial charge in [0.25, 0.3) is 5.91 Å². The third kappa shape index (κ3) is 5.04. The van der Waals surface area contributed by atoms with E-state index in [2.05, 4.69) is 10.3 Å². The fourth-order valence-corrected chi connectivity index (χ4v) is 2.80. The Morgan fingerprint density at radius 3 is 2.75 bits per heavy atom. The molecular formula is C18H24N2O3S. The van der Waals surface area contributed by atoms with E-state index in [0.717, 1.165) is 10.7 Å². The van der Waals surface area contributed by atoms with Gasteiger partial charge in [0.1, 0.15) is 12.4 Å². The van der Waals surface area contributed by atoms with Crippen molar-refractivity contribution in [1.82, 2.24) is 10.3 Å². The molecule has 1 heterocycles. The molecular weight excluding hydrogens is 324 g/mol. The Morgan fingerprint density at radius 2 is 2.12 bits per heavy atom. The number of rotatable bonds is 8. The van der Waals surface area contributed by atoms with Crippen LogP contribution in [0.3, 0.4) is 0 Å². The summed E-state index contributed by atoms with van der Waals surface area (Å²) in [5.74, 6) is 0.403. The number of benzene rings is 1. The van der Waals surface area contributed by atoms with E-state index in [-0.39, 0.29) is 12.5 Å². The molecule has 0 radical (unpaired) electrons. The number of ether oxygens (including phenoxy) is 1. The average Bonchev–Trinajstić information content (AvgIpc) is 3.03. The standard InChI is InChI=1S/C18H24N2O3S/c1-4-18(22,5-2)12-19-17(21)14-7-6-8-16(9-14)23-10-15-11-24-13(3)20-15/h6-9,11,22H,4-5,10,12H2,1-3H3,(H,19,21). The van der Waals surface area contributed by atoms with Gasteiger partial charge in [0.2, 0.25) is 0 Å². The SMILES string of the molecule is CCC(O)(CC)CNC(=O)c1cccc(OCc2csc(C)n2)c1. The largest absolute Gasteiger partial charge is 0.487 e. The van der Waals surface area contributed by atoms with Crippen molar-refractivity contribution in [3.63, 3.8) is 0 Å². The molecule has 24 heavy (non-hydrogen) atoms. The van der Waals surface area contributed by atoms with Gasteiger partial charge >= 0.3 is 0 Å². The maximum Gasteiger partial charge on any atom is 0.251 e. The highest BCUT2D eigenvalue weighted by molar-refractivity contribution is 7.09. The van der Waals surface area contributed by atoms with Gasteiger partial charge in [-0.15, -0.1) is 11.3 Å². The van der Waals surface area contributed by atoms with E-state index >= 15 is 0 Å². The van der Waals surface area contributed by atoms with Crippen LogP contribution in [0.4, 0.5) is 0 Å². The zero-order chi connectivity index (χ0) is 17.6. The maximum atomic E-state index is 12.3. The summed E-state index contributed by atoms with van der Waals surface area (Å²) in [5, 5.41) is 16.0. The molecule has 0 aliphatic rings. The molecule has 0 spiro atoms. The van der Waals surface area contributed by atoms with E-state index in [1.54, 1.807) is 29.5 Å². The Kier molecular flexibility index (Phi) is 6.34. The van der Waals surface area contributed by atoms with Crippen LogP contribution in [-0.4, -0.2) is 28.1 Å². The van der Waals surface area contributed by atoms with Crippen molar-refractivity contribution in [3.05, 3.63) is 45.9 Å². The van der Waals surface area contributed by atoms with Gasteiger partial charge in [-0.3, -0.25) is 4.79 Å². The van der Waals surface area contributed by atoms with Crippen molar-refractivity contribution in [2.75, 3.05) is 6.54 Å². The van der Waals surface area contributed by atoms with E-state index in [0.29, 0.717) is 30.8 Å². The molecule has 0 bridgehead atoms. The monoisotopic (exact) mass is 348 g/mol. The van der Waals surface area contributed by atoms with Crippen molar-refractivity contribution in [3.8, 4) is 5.75 Å². The third-order valence-corrected chi connectivity index (χ3v) is 4.87. The number of nitrogens with one attached hydrogen (secondary N) is 1. The first-order valence-electron chi connectivity index (χ1n) is 8.10. The molecule has 0 fully saturated rings. The van der Waals surface area contributed by atoms with Crippen LogP contribution in [0.5, 0.6) is 5.75 Å². The van der Waals surface area contributed by atoms with E-state index in [9.17, 15) is 9.90 Å². The predicted molar refractivity (Wildman–Crippen MR) is 95.5 cm³/mol. The molecule has 0 aliphatic heterocycles. The first kappa shape index (κ1) is 18.4. The normalized spacial score (nSPS) is 11.3. The summed E-state index contributed by atoms with van der Waals surface area (Å²) in [5.41, 5.74) is 0.534. The van der Waals surface area contributed by atoms with E-state index in [1.807, 2.05) is 32.2 Å². The highest BCUT2D eigenvalue weighted by Crippen LogP contribution is 2.17. The summed E-state index contributed by atoms with van der Waals surface area (Å²) in [4.78, 5) is 16.6. The van der Waals surface area contributed by atoms with Crippen molar-refractivity contribution in [2.45, 2.75) is 45.8 Å². The lowest BCUT2D eigenvalue weighted by atomic mass is 9.97. The van der Waals surface area contributed by atoms with Gasteiger partial charge in [-0.2, -0.15) is 0 Å². The maximum absolute atomic E-state index is 12.3. The van der Waals surface area contributed by atoms with Crippen LogP contribution >= 0.6 is 11.3 Å². The van der Waals surface area contributed by atoms with Gasteiger partial charge in [-0.1, -0.05) is 19.9 Å². The Hall–Kier alpha value is -1.92. The van der Waals surface area contributed by atoms with Crippen LogP contribution in [0, 0.1) is 6.92 Å². The molecule has 0 saturated carbocycles. The molecule has 0 unspecified atom stereocenters. The number of nitrogens with zero attached hydrogens (tertiary/aromatic N) is 1. The lowest BCUT2D eigenvalue weighted by Crippen LogP contribution is -2.42. The van der Waals surface area contributed by atoms with Crippen LogP contribution in [0.2, 0.25) is 0 Å². The lowest BCUT2D eigenvalue weighted by Gasteiger charge is -2.25. The number of carbonyl (C=O) groups is 1. The van der Waals surface area contributed by atoms with Crippen molar-refractivity contribution < 1.29 is 14.6 Å². The summed E-state index contributed by atoms with van der Waals surface area (Å²) in [6, 6.07) is 7.02. The minimum absolute atomic E-state index is 0.217. The number of aromatic nitrogens is 1. The molecule has 0 saturated heterocycles. The molecule has 0 aliphatic carbocycles. The quantitative estimate of drug-likeness (QED) is 0.768. The van der Waals surface area contributed by atoms with Gasteiger partial charge in [0.15, 0.2) is 0 Å². The third-order valence-electron chi connectivity index (χ3n) is 4.04. The number of thiazole rings is 1. The summed E-state index contributed by atoms with van der Waals surface area (Å²) >= 11 is 1.58. The number of aryl methyl sites for hydroxylation is 1. The molecule has 130 valence electrons. The second-order valence-electron chi connectivity index (χ2n) is 5.79. The Balaban J connectivity index is 1.95. The molecule has 0 atom stereocenters. The Morgan fingerprint density at radius 1 is 1.38 bits per heavy atom. The zero-order valence-electron chi connectivity index (χ0n) is 14.3. The molecule has 1 aromatic heterocycles. The molecule has 2 N–H and O–H groups in total. The molecule has 1 amide bonds. The van der Waals surface area contributed by atoms with Crippen LogP contribution in [0.1, 0.15) is 47.7 Å². The van der Waals surface area contributed by atoms with Gasteiger partial charge in [0.05, 0.1) is 16.3 Å². The molecule has 2 rings (SSSR count). The zero-order valence-corrected chi connectivity index (χ0v) is 15.2. The average molecular weight is 348 g/mol. The van der Waals surface area contributed by atoms with E-state index in [4.69, 9.17) is 4.74 Å². The number of aliphatic hydroxyl groups is 1. The fourth-order valence-electron chi connectivity index (χ4n) is 2.21. The van der Waals surface area contributed by atoms with Crippen molar-refractivity contribution in [1.29, 1.82) is 0 Å². The van der Waals surface area contributed by atoms with Gasteiger partial charge in [-0.05, 0) is 38.0 Å². The first-order valence-corrected chi connectivity index (χ1v) is 8.98. The smallest absolute Gasteiger partial charge is 0.251 e. The summed E-state index contributed by atoms with van der Waals surface area (Å²) in [6.07, 6.45) is 1.19. The van der Waals surface area contributed by atoms with Crippen LogP contribution < -0.4 is 10.1 Å². The minimum atomic E-state index is -0.855. The number of carbonyl (C=O) groups excluding carboxylic acids is 1. The van der Waals surface area contributed by atoms with Crippen molar-refractivity contribution in [2.24, 2.45) is 0 Å². The van der Waals surface area contributed by atoms with Gasteiger partial charge in [-0.25, -0.2) is 4.98 Å². The summed E-state index contributed by atoms with van der Waals surface area (Å²) in [7, 11) is 0. The van der Waals surface area contributed by atoms with E-state index in [1.165, 1.54) is 0 Å². The molecule has 5 nitrogen and oxygen atoms in total. The second kappa shape index (κ2) is 8.26. The van der Waals surface area contributed by atoms with Crippen LogP contribution in [0.15, 0.2) is 29.6 Å². The topological polar surface area (TPSA) is 71.5 Å². The van der Waals surface area contributed by atoms with Crippen LogP contribution in [0.25, 0.3) is 0 Å². The fraction of sp³-hybridized carbons (Fsp3) is 0.444. The highest BCUT2D eigenvalue weighted by atomic mass is 32.1. The molecule has 6 heteroatoms. The predicted octanol–water partition coefficient (Wildman–Crippen LogP) is 3.31. The lowest BCUT2D eigenvalue weighted by molar-refractivity contribution is 0.0314.